The van der Waals surface area contributed by atoms with E-state index in [-0.39, 0.29) is 32.7 Å². The number of unbranched alkanes of at least 4 members (excludes halogenated alkanes) is 16. The number of aliphatic carboxylic acids is 1. The molecule has 0 saturated carbocycles. The monoisotopic (exact) mass is 1180 g/mol. The molecule has 2 unspecified atom stereocenters. The minimum atomic E-state index is -1.64. The van der Waals surface area contributed by atoms with Gasteiger partial charge in [-0.2, -0.15) is 0 Å². The van der Waals surface area contributed by atoms with Crippen molar-refractivity contribution < 1.29 is 42.9 Å². The Morgan fingerprint density at radius 1 is 0.353 bits per heavy atom. The van der Waals surface area contributed by atoms with Gasteiger partial charge in [0.25, 0.3) is 0 Å². The summed E-state index contributed by atoms with van der Waals surface area (Å²) in [4.78, 5) is 37.4. The summed E-state index contributed by atoms with van der Waals surface area (Å²) < 4.78 is 22.7. The lowest BCUT2D eigenvalue weighted by Crippen LogP contribution is -2.44. The number of allylic oxidation sites excluding steroid dienone is 28. The van der Waals surface area contributed by atoms with Crippen molar-refractivity contribution in [3.8, 4) is 0 Å². The molecule has 0 aromatic rings. The predicted molar refractivity (Wildman–Crippen MR) is 361 cm³/mol. The van der Waals surface area contributed by atoms with E-state index in [0.29, 0.717) is 23.9 Å². The quantitative estimate of drug-likeness (QED) is 0.0195. The molecule has 0 aromatic heterocycles. The normalized spacial score (nSPS) is 13.8. The van der Waals surface area contributed by atoms with Gasteiger partial charge < -0.3 is 33.3 Å². The molecule has 0 aromatic carbocycles. The lowest BCUT2D eigenvalue weighted by Gasteiger charge is -2.26. The van der Waals surface area contributed by atoms with E-state index in [0.717, 1.165) is 122 Å². The molecular weight excluding hydrogens is 1050 g/mol. The van der Waals surface area contributed by atoms with Crippen LogP contribution >= 0.6 is 0 Å². The first-order valence-corrected chi connectivity index (χ1v) is 33.3. The van der Waals surface area contributed by atoms with Crippen LogP contribution in [0.1, 0.15) is 232 Å². The van der Waals surface area contributed by atoms with Crippen LogP contribution in [0.4, 0.5) is 0 Å². The molecular formula is C76H121NO8. The Labute approximate surface area is 520 Å². The number of likely N-dealkylation sites (N-methyl/N-ethyl adjacent to an activating group) is 1. The second-order valence-corrected chi connectivity index (χ2v) is 22.6. The summed E-state index contributed by atoms with van der Waals surface area (Å²) in [7, 11) is 5.90. The summed E-state index contributed by atoms with van der Waals surface area (Å²) in [5, 5.41) is 11.8. The maximum atomic E-state index is 12.9. The zero-order chi connectivity index (χ0) is 61.9. The van der Waals surface area contributed by atoms with Crippen LogP contribution in [0.3, 0.4) is 0 Å². The van der Waals surface area contributed by atoms with E-state index in [1.165, 1.54) is 70.6 Å². The number of nitrogens with zero attached hydrogens (tertiary/aromatic N) is 1. The molecule has 0 aliphatic carbocycles. The molecule has 0 N–H and O–H groups in total. The van der Waals surface area contributed by atoms with Crippen LogP contribution in [0, 0.1) is 0 Å². The van der Waals surface area contributed by atoms with Gasteiger partial charge in [0.15, 0.2) is 12.4 Å². The number of rotatable bonds is 59. The van der Waals surface area contributed by atoms with Gasteiger partial charge in [-0.1, -0.05) is 261 Å². The van der Waals surface area contributed by atoms with E-state index in [9.17, 15) is 19.5 Å². The van der Waals surface area contributed by atoms with Gasteiger partial charge >= 0.3 is 11.9 Å². The molecule has 0 fully saturated rings. The fourth-order valence-corrected chi connectivity index (χ4v) is 8.44. The lowest BCUT2D eigenvalue weighted by molar-refractivity contribution is -0.870. The van der Waals surface area contributed by atoms with Crippen LogP contribution in [0.2, 0.25) is 0 Å². The molecule has 0 aliphatic heterocycles. The minimum Gasteiger partial charge on any atom is -0.545 e. The van der Waals surface area contributed by atoms with Crippen molar-refractivity contribution in [3.63, 3.8) is 0 Å². The van der Waals surface area contributed by atoms with E-state index in [1.807, 2.05) is 21.1 Å². The molecule has 0 rings (SSSR count). The van der Waals surface area contributed by atoms with Crippen molar-refractivity contribution in [1.29, 1.82) is 0 Å². The van der Waals surface area contributed by atoms with E-state index >= 15 is 0 Å². The SMILES string of the molecule is CC/C=C\C/C=C\C/C=C\C/C=C\C/C=C\C/C=C\C/C=C\C/C=C\CCCCCCCCCCCCCCCCC(=O)OC(COC(=O)CCCC/C=C\C/C=C\C/C=C\C/C=C\C/C=C\C/C=C\CC)COC(OCC[N+](C)(C)C)C(=O)[O-]. The van der Waals surface area contributed by atoms with Crippen molar-refractivity contribution in [2.75, 3.05) is 47.5 Å². The van der Waals surface area contributed by atoms with Crippen molar-refractivity contribution in [2.24, 2.45) is 0 Å². The highest BCUT2D eigenvalue weighted by Crippen LogP contribution is 2.15. The van der Waals surface area contributed by atoms with Gasteiger partial charge in [0.05, 0.1) is 40.3 Å². The van der Waals surface area contributed by atoms with E-state index in [1.54, 1.807) is 0 Å². The lowest BCUT2D eigenvalue weighted by atomic mass is 10.0. The zero-order valence-corrected chi connectivity index (χ0v) is 54.4. The van der Waals surface area contributed by atoms with E-state index in [2.05, 4.69) is 184 Å². The van der Waals surface area contributed by atoms with Crippen molar-refractivity contribution in [2.45, 2.75) is 245 Å². The molecule has 9 nitrogen and oxygen atoms in total. The fraction of sp³-hybridized carbons (Fsp3) is 0.592. The highest BCUT2D eigenvalue weighted by atomic mass is 16.7. The molecule has 9 heteroatoms. The standard InChI is InChI=1S/C76H121NO8/c1-6-8-10-12-14-16-18-20-22-24-26-28-29-30-31-32-33-34-35-36-37-38-39-40-41-42-43-44-45-47-49-51-53-55-57-59-61-63-65-67-74(79)85-72(71-84-76(75(80)81)82-69-68-77(3,4)5)70-83-73(78)66-64-62-60-58-56-54-52-50-48-46-27-25-23-21-19-17-15-13-11-9-7-2/h8-11,14-17,20-23,26-28,30-31,33-34,36-37,39-40,46,50,52,56,58,72,76H,6-7,12-13,18-19,24-25,29,32,35,38,41-45,47-49,51,53-55,57,59-71H2,1-5H3/b10-8-,11-9-,16-14-,17-15-,22-20-,23-21-,28-26-,31-30-,34-33-,37-36-,40-39-,46-27-,52-50-,58-56-. The van der Waals surface area contributed by atoms with Gasteiger partial charge in [0.1, 0.15) is 13.2 Å². The summed E-state index contributed by atoms with van der Waals surface area (Å²) in [5.41, 5.74) is 0. The average Bonchev–Trinajstić information content (AvgIpc) is 3.49. The number of esters is 2. The third-order valence-corrected chi connectivity index (χ3v) is 13.5. The molecule has 0 heterocycles. The molecule has 478 valence electrons. The Morgan fingerprint density at radius 3 is 0.965 bits per heavy atom. The highest BCUT2D eigenvalue weighted by molar-refractivity contribution is 5.70. The fourth-order valence-electron chi connectivity index (χ4n) is 8.44. The van der Waals surface area contributed by atoms with Crippen molar-refractivity contribution >= 4 is 17.9 Å². The van der Waals surface area contributed by atoms with Crippen LogP contribution in [0.5, 0.6) is 0 Å². The van der Waals surface area contributed by atoms with Gasteiger partial charge in [-0.3, -0.25) is 9.59 Å². The van der Waals surface area contributed by atoms with Crippen LogP contribution in [0.25, 0.3) is 0 Å². The van der Waals surface area contributed by atoms with Crippen LogP contribution in [-0.2, 0) is 33.3 Å². The molecule has 0 spiro atoms. The Balaban J connectivity index is 4.19. The number of hydrogen-bond acceptors (Lipinski definition) is 8. The van der Waals surface area contributed by atoms with Gasteiger partial charge in [0, 0.05) is 12.8 Å². The molecule has 0 aliphatic rings. The Bertz CT molecular complexity index is 2000. The summed E-state index contributed by atoms with van der Waals surface area (Å²) in [6.45, 7) is 4.45. The molecule has 0 bridgehead atoms. The molecule has 0 amide bonds. The first-order valence-electron chi connectivity index (χ1n) is 33.3. The number of hydrogen-bond donors (Lipinski definition) is 0. The molecule has 0 radical (unpaired) electrons. The predicted octanol–water partition coefficient (Wildman–Crippen LogP) is 19.3. The third kappa shape index (κ3) is 66.0. The first-order chi connectivity index (χ1) is 41.6. The van der Waals surface area contributed by atoms with Crippen LogP contribution in [0.15, 0.2) is 170 Å². The molecule has 0 saturated heterocycles. The second kappa shape index (κ2) is 64.6. The summed E-state index contributed by atoms with van der Waals surface area (Å²) >= 11 is 0. The summed E-state index contributed by atoms with van der Waals surface area (Å²) in [6, 6.07) is 0. The Morgan fingerprint density at radius 2 is 0.635 bits per heavy atom. The molecule has 85 heavy (non-hydrogen) atoms. The minimum absolute atomic E-state index is 0.132. The zero-order valence-electron chi connectivity index (χ0n) is 54.4. The smallest absolute Gasteiger partial charge is 0.306 e. The first kappa shape index (κ1) is 79.7. The number of carboxylic acid groups (broad SMARTS) is 1. The number of carbonyl (C=O) groups is 3. The topological polar surface area (TPSA) is 111 Å². The largest absolute Gasteiger partial charge is 0.545 e. The Kier molecular flexibility index (Phi) is 60.6. The number of ether oxygens (including phenoxy) is 4. The maximum Gasteiger partial charge on any atom is 0.306 e. The second-order valence-electron chi connectivity index (χ2n) is 22.6. The van der Waals surface area contributed by atoms with Gasteiger partial charge in [-0.25, -0.2) is 0 Å². The third-order valence-electron chi connectivity index (χ3n) is 13.5. The van der Waals surface area contributed by atoms with Crippen molar-refractivity contribution in [3.05, 3.63) is 170 Å². The van der Waals surface area contributed by atoms with E-state index < -0.39 is 30.3 Å². The Hall–Kier alpha value is -5.35. The number of quaternary nitrogens is 1. The van der Waals surface area contributed by atoms with E-state index in [4.69, 9.17) is 18.9 Å². The average molecular weight is 1180 g/mol. The maximum absolute atomic E-state index is 12.9. The molecule has 2 atom stereocenters. The number of carbonyl (C=O) groups excluding carboxylic acids is 3. The summed E-state index contributed by atoms with van der Waals surface area (Å²) in [6.07, 6.45) is 94.3. The highest BCUT2D eigenvalue weighted by Gasteiger charge is 2.22. The van der Waals surface area contributed by atoms with Crippen LogP contribution in [-0.4, -0.2) is 82.3 Å². The van der Waals surface area contributed by atoms with Gasteiger partial charge in [-0.15, -0.1) is 0 Å². The van der Waals surface area contributed by atoms with Gasteiger partial charge in [0.2, 0.25) is 0 Å². The number of carboxylic acids is 1. The summed E-state index contributed by atoms with van der Waals surface area (Å²) in [5.74, 6) is -2.36. The van der Waals surface area contributed by atoms with Crippen LogP contribution < -0.4 is 5.11 Å². The van der Waals surface area contributed by atoms with Crippen molar-refractivity contribution in [1.82, 2.24) is 0 Å². The van der Waals surface area contributed by atoms with Gasteiger partial charge in [-0.05, 0) is 128 Å².